The number of hydrogen-bond acceptors (Lipinski definition) is 1. The third kappa shape index (κ3) is 2.13. The fourth-order valence-corrected chi connectivity index (χ4v) is 4.75. The highest BCUT2D eigenvalue weighted by atomic mass is 16.3. The van der Waals surface area contributed by atoms with Gasteiger partial charge in [-0.1, -0.05) is 60.7 Å². The maximum absolute atomic E-state index is 6.16. The Bertz CT molecular complexity index is 1750. The average Bonchev–Trinajstić information content (AvgIpc) is 3.36. The van der Waals surface area contributed by atoms with E-state index in [0.717, 1.165) is 11.2 Å². The first kappa shape index (κ1) is 15.8. The van der Waals surface area contributed by atoms with E-state index < -0.39 is 0 Å². The molecule has 7 aromatic rings. The Balaban J connectivity index is 1.52. The number of hydrogen-bond donors (Lipinski definition) is 1. The van der Waals surface area contributed by atoms with Crippen LogP contribution in [0.5, 0.6) is 0 Å². The lowest BCUT2D eigenvalue weighted by Gasteiger charge is -2.04. The van der Waals surface area contributed by atoms with Gasteiger partial charge in [0.1, 0.15) is 11.2 Å². The van der Waals surface area contributed by atoms with Crippen LogP contribution >= 0.6 is 0 Å². The Morgan fingerprint density at radius 2 is 1.20 bits per heavy atom. The smallest absolute Gasteiger partial charge is 0.136 e. The molecule has 7 rings (SSSR count). The lowest BCUT2D eigenvalue weighted by atomic mass is 9.99. The van der Waals surface area contributed by atoms with E-state index in [9.17, 15) is 0 Å². The van der Waals surface area contributed by atoms with Crippen molar-refractivity contribution in [1.29, 1.82) is 0 Å². The second-order valence-corrected chi connectivity index (χ2v) is 7.90. The van der Waals surface area contributed by atoms with Crippen molar-refractivity contribution in [3.63, 3.8) is 0 Å². The zero-order valence-electron chi connectivity index (χ0n) is 16.1. The molecule has 0 fully saturated rings. The summed E-state index contributed by atoms with van der Waals surface area (Å²) >= 11 is 0. The molecule has 140 valence electrons. The first-order chi connectivity index (χ1) is 14.8. The second-order valence-electron chi connectivity index (χ2n) is 7.90. The number of furan rings is 1. The van der Waals surface area contributed by atoms with Gasteiger partial charge in [-0.05, 0) is 58.3 Å². The maximum atomic E-state index is 6.16. The van der Waals surface area contributed by atoms with Gasteiger partial charge < -0.3 is 9.40 Å². The Kier molecular flexibility index (Phi) is 3.03. The number of aromatic amines is 1. The van der Waals surface area contributed by atoms with Crippen LogP contribution in [0.4, 0.5) is 0 Å². The maximum Gasteiger partial charge on any atom is 0.136 e. The fraction of sp³-hybridized carbons (Fsp3) is 0. The van der Waals surface area contributed by atoms with Gasteiger partial charge in [-0.2, -0.15) is 0 Å². The van der Waals surface area contributed by atoms with Crippen LogP contribution in [0.25, 0.3) is 65.6 Å². The third-order valence-electron chi connectivity index (χ3n) is 6.20. The molecule has 5 aromatic carbocycles. The molecule has 0 amide bonds. The molecule has 2 nitrogen and oxygen atoms in total. The Labute approximate surface area is 172 Å². The molecule has 0 aliphatic carbocycles. The predicted octanol–water partition coefficient (Wildman–Crippen LogP) is 8.04. The van der Waals surface area contributed by atoms with Gasteiger partial charge in [0.2, 0.25) is 0 Å². The molecule has 0 saturated carbocycles. The lowest BCUT2D eigenvalue weighted by molar-refractivity contribution is 0.669. The van der Waals surface area contributed by atoms with Gasteiger partial charge in [0.15, 0.2) is 0 Å². The van der Waals surface area contributed by atoms with Crippen molar-refractivity contribution in [1.82, 2.24) is 4.98 Å². The molecule has 0 aliphatic heterocycles. The van der Waals surface area contributed by atoms with Crippen molar-refractivity contribution in [2.75, 3.05) is 0 Å². The molecular formula is C28H17NO. The topological polar surface area (TPSA) is 28.9 Å². The quantitative estimate of drug-likeness (QED) is 0.305. The Morgan fingerprint density at radius 1 is 0.500 bits per heavy atom. The van der Waals surface area contributed by atoms with E-state index in [1.165, 1.54) is 54.5 Å². The molecule has 0 spiro atoms. The predicted molar refractivity (Wildman–Crippen MR) is 126 cm³/mol. The molecule has 1 N–H and O–H groups in total. The van der Waals surface area contributed by atoms with Crippen LogP contribution in [0.15, 0.2) is 101 Å². The molecule has 0 bridgehead atoms. The largest absolute Gasteiger partial charge is 0.456 e. The highest BCUT2D eigenvalue weighted by molar-refractivity contribution is 6.19. The number of aromatic nitrogens is 1. The molecular weight excluding hydrogens is 366 g/mol. The minimum Gasteiger partial charge on any atom is -0.456 e. The van der Waals surface area contributed by atoms with Gasteiger partial charge in [0.25, 0.3) is 0 Å². The van der Waals surface area contributed by atoms with Crippen LogP contribution in [-0.4, -0.2) is 4.98 Å². The number of para-hydroxylation sites is 1. The minimum atomic E-state index is 0.929. The lowest BCUT2D eigenvalue weighted by Crippen LogP contribution is -1.79. The van der Waals surface area contributed by atoms with E-state index in [2.05, 4.69) is 102 Å². The summed E-state index contributed by atoms with van der Waals surface area (Å²) in [5.74, 6) is 0. The second kappa shape index (κ2) is 5.74. The summed E-state index contributed by atoms with van der Waals surface area (Å²) in [5.41, 5.74) is 6.62. The van der Waals surface area contributed by atoms with Crippen LogP contribution in [-0.2, 0) is 0 Å². The molecule has 0 unspecified atom stereocenters. The first-order valence-electron chi connectivity index (χ1n) is 10.2. The van der Waals surface area contributed by atoms with Gasteiger partial charge in [0.05, 0.1) is 0 Å². The summed E-state index contributed by atoms with van der Waals surface area (Å²) in [7, 11) is 0. The Morgan fingerprint density at radius 3 is 2.13 bits per heavy atom. The number of fused-ring (bicyclic) bond motifs is 8. The molecule has 0 atom stereocenters. The van der Waals surface area contributed by atoms with E-state index in [0.29, 0.717) is 0 Å². The van der Waals surface area contributed by atoms with Crippen molar-refractivity contribution in [2.24, 2.45) is 0 Å². The molecule has 2 heteroatoms. The van der Waals surface area contributed by atoms with Crippen LogP contribution in [0.3, 0.4) is 0 Å². The number of benzene rings is 5. The van der Waals surface area contributed by atoms with Gasteiger partial charge in [-0.3, -0.25) is 0 Å². The van der Waals surface area contributed by atoms with Crippen LogP contribution in [0.1, 0.15) is 0 Å². The standard InChI is InChI=1S/C28H17NO/c1-2-6-20-17(5-1)10-14-27-28(20)23-16-19(11-13-26(23)30-27)18-9-12-25-22(15-18)21-7-3-4-8-24(21)29-25/h1-16,29H. The highest BCUT2D eigenvalue weighted by Gasteiger charge is 2.12. The van der Waals surface area contributed by atoms with Crippen LogP contribution < -0.4 is 0 Å². The van der Waals surface area contributed by atoms with Crippen LogP contribution in [0.2, 0.25) is 0 Å². The van der Waals surface area contributed by atoms with Crippen molar-refractivity contribution >= 4 is 54.5 Å². The van der Waals surface area contributed by atoms with Gasteiger partial charge in [0, 0.05) is 32.6 Å². The van der Waals surface area contributed by atoms with Crippen molar-refractivity contribution in [3.05, 3.63) is 97.1 Å². The number of nitrogens with one attached hydrogen (secondary N) is 1. The SMILES string of the molecule is c1ccc2c(c1)ccc1oc3ccc(-c4ccc5[nH]c6ccccc6c5c4)cc3c12. The van der Waals surface area contributed by atoms with E-state index in [-0.39, 0.29) is 0 Å². The zero-order chi connectivity index (χ0) is 19.7. The summed E-state index contributed by atoms with van der Waals surface area (Å²) < 4.78 is 6.16. The number of H-pyrrole nitrogens is 1. The average molecular weight is 383 g/mol. The monoisotopic (exact) mass is 383 g/mol. The molecule has 2 heterocycles. The van der Waals surface area contributed by atoms with Crippen molar-refractivity contribution < 1.29 is 4.42 Å². The summed E-state index contributed by atoms with van der Waals surface area (Å²) in [6, 6.07) is 34.4. The van der Waals surface area contributed by atoms with Gasteiger partial charge in [-0.15, -0.1) is 0 Å². The van der Waals surface area contributed by atoms with E-state index >= 15 is 0 Å². The third-order valence-corrected chi connectivity index (χ3v) is 6.20. The Hall–Kier alpha value is -4.04. The molecule has 0 radical (unpaired) electrons. The number of rotatable bonds is 1. The summed E-state index contributed by atoms with van der Waals surface area (Å²) in [6.07, 6.45) is 0. The first-order valence-corrected chi connectivity index (χ1v) is 10.2. The van der Waals surface area contributed by atoms with Gasteiger partial charge in [-0.25, -0.2) is 0 Å². The molecule has 2 aromatic heterocycles. The fourth-order valence-electron chi connectivity index (χ4n) is 4.75. The molecule has 0 saturated heterocycles. The molecule has 0 aliphatic rings. The van der Waals surface area contributed by atoms with E-state index in [4.69, 9.17) is 4.42 Å². The van der Waals surface area contributed by atoms with Gasteiger partial charge >= 0.3 is 0 Å². The van der Waals surface area contributed by atoms with Crippen LogP contribution in [0, 0.1) is 0 Å². The van der Waals surface area contributed by atoms with Crippen molar-refractivity contribution in [2.45, 2.75) is 0 Å². The normalized spacial score (nSPS) is 12.0. The van der Waals surface area contributed by atoms with Crippen molar-refractivity contribution in [3.8, 4) is 11.1 Å². The highest BCUT2D eigenvalue weighted by Crippen LogP contribution is 2.37. The summed E-state index contributed by atoms with van der Waals surface area (Å²) in [6.45, 7) is 0. The van der Waals surface area contributed by atoms with E-state index in [1.54, 1.807) is 0 Å². The summed E-state index contributed by atoms with van der Waals surface area (Å²) in [4.78, 5) is 3.51. The minimum absolute atomic E-state index is 0.929. The zero-order valence-corrected chi connectivity index (χ0v) is 16.1. The van der Waals surface area contributed by atoms with E-state index in [1.807, 2.05) is 0 Å². The summed E-state index contributed by atoms with van der Waals surface area (Å²) in [5, 5.41) is 7.34. The molecule has 30 heavy (non-hydrogen) atoms.